The van der Waals surface area contributed by atoms with Crippen molar-refractivity contribution in [2.75, 3.05) is 7.05 Å². The molecule has 0 N–H and O–H groups in total. The molecule has 7 heteroatoms. The van der Waals surface area contributed by atoms with E-state index in [-0.39, 0.29) is 17.1 Å². The molecule has 1 aliphatic rings. The second-order valence-corrected chi connectivity index (χ2v) is 13.4. The lowest BCUT2D eigenvalue weighted by Crippen LogP contribution is -2.17. The molecule has 4 aromatic rings. The van der Waals surface area contributed by atoms with Crippen LogP contribution in [0.25, 0.3) is 20.9 Å². The van der Waals surface area contributed by atoms with E-state index >= 15 is 0 Å². The molecule has 0 aliphatic carbocycles. The average molecular weight is 517 g/mol. The molecule has 184 valence electrons. The summed E-state index contributed by atoms with van der Waals surface area (Å²) in [5.74, 6) is -0.0424. The van der Waals surface area contributed by atoms with Gasteiger partial charge in [-0.25, -0.2) is 8.42 Å². The molecule has 1 aliphatic heterocycles. The number of aromatic nitrogens is 1. The summed E-state index contributed by atoms with van der Waals surface area (Å²) < 4.78 is 26.2. The summed E-state index contributed by atoms with van der Waals surface area (Å²) in [5, 5.41) is 0. The van der Waals surface area contributed by atoms with Crippen molar-refractivity contribution >= 4 is 27.1 Å². The van der Waals surface area contributed by atoms with Gasteiger partial charge in [-0.15, -0.1) is 11.3 Å². The number of carbonyl (C=O) groups excluding carboxylic acids is 1. The minimum atomic E-state index is -3.50. The minimum Gasteiger partial charge on any atom is -0.337 e. The fourth-order valence-corrected chi connectivity index (χ4v) is 6.73. The number of carbonyl (C=O) groups is 1. The summed E-state index contributed by atoms with van der Waals surface area (Å²) in [6.07, 6.45) is 3.38. The molecule has 2 aromatic carbocycles. The molecule has 0 bridgehead atoms. The summed E-state index contributed by atoms with van der Waals surface area (Å²) in [6.45, 7) is 6.94. The van der Waals surface area contributed by atoms with E-state index in [0.717, 1.165) is 37.6 Å². The van der Waals surface area contributed by atoms with Crippen LogP contribution in [-0.4, -0.2) is 31.3 Å². The van der Waals surface area contributed by atoms with E-state index < -0.39 is 9.84 Å². The molecular formula is C29H28N2O3S2. The normalized spacial score (nSPS) is 13.8. The first kappa shape index (κ1) is 24.4. The lowest BCUT2D eigenvalue weighted by Gasteiger charge is -2.19. The molecule has 2 aromatic heterocycles. The molecule has 0 saturated carbocycles. The van der Waals surface area contributed by atoms with Crippen molar-refractivity contribution in [2.24, 2.45) is 0 Å². The lowest BCUT2D eigenvalue weighted by molar-refractivity contribution is 0.0816. The topological polar surface area (TPSA) is 67.3 Å². The predicted molar refractivity (Wildman–Crippen MR) is 145 cm³/mol. The van der Waals surface area contributed by atoms with Gasteiger partial charge in [0, 0.05) is 46.9 Å². The number of nitrogens with zero attached hydrogens (tertiary/aromatic N) is 2. The Labute approximate surface area is 216 Å². The third kappa shape index (κ3) is 4.73. The number of amides is 1. The Morgan fingerprint density at radius 1 is 0.917 bits per heavy atom. The zero-order valence-electron chi connectivity index (χ0n) is 20.8. The minimum absolute atomic E-state index is 0.0340. The number of fused-ring (bicyclic) bond motifs is 1. The van der Waals surface area contributed by atoms with Crippen molar-refractivity contribution in [1.82, 2.24) is 9.88 Å². The fourth-order valence-electron chi connectivity index (χ4n) is 4.43. The van der Waals surface area contributed by atoms with Crippen molar-refractivity contribution in [3.8, 4) is 20.9 Å². The van der Waals surface area contributed by atoms with Crippen LogP contribution in [0, 0.1) is 0 Å². The smallest absolute Gasteiger partial charge is 0.254 e. The highest BCUT2D eigenvalue weighted by atomic mass is 32.2. The van der Waals surface area contributed by atoms with Crippen molar-refractivity contribution in [3.63, 3.8) is 0 Å². The van der Waals surface area contributed by atoms with Crippen molar-refractivity contribution < 1.29 is 13.2 Å². The van der Waals surface area contributed by atoms with Crippen LogP contribution in [0.15, 0.2) is 78.0 Å². The second kappa shape index (κ2) is 8.98. The van der Waals surface area contributed by atoms with Crippen LogP contribution >= 0.6 is 11.3 Å². The summed E-state index contributed by atoms with van der Waals surface area (Å²) in [7, 11) is -1.68. The number of rotatable bonds is 5. The monoisotopic (exact) mass is 516 g/mol. The van der Waals surface area contributed by atoms with Gasteiger partial charge in [-0.05, 0) is 70.1 Å². The van der Waals surface area contributed by atoms with Gasteiger partial charge in [0.05, 0.1) is 10.6 Å². The largest absolute Gasteiger partial charge is 0.337 e. The van der Waals surface area contributed by atoms with Gasteiger partial charge in [-0.1, -0.05) is 39.0 Å². The number of sulfone groups is 1. The molecule has 0 atom stereocenters. The number of pyridine rings is 1. The first-order valence-electron chi connectivity index (χ1n) is 11.8. The van der Waals surface area contributed by atoms with Crippen LogP contribution < -0.4 is 0 Å². The molecule has 0 unspecified atom stereocenters. The molecule has 0 spiro atoms. The molecule has 36 heavy (non-hydrogen) atoms. The van der Waals surface area contributed by atoms with Gasteiger partial charge in [0.25, 0.3) is 5.91 Å². The Kier molecular flexibility index (Phi) is 6.09. The number of hydrogen-bond donors (Lipinski definition) is 0. The third-order valence-corrected chi connectivity index (χ3v) is 9.38. The first-order chi connectivity index (χ1) is 17.0. The van der Waals surface area contributed by atoms with E-state index in [9.17, 15) is 13.2 Å². The summed E-state index contributed by atoms with van der Waals surface area (Å²) in [5.41, 5.74) is 5.48. The Hall–Kier alpha value is -3.29. The van der Waals surface area contributed by atoms with Crippen LogP contribution in [0.2, 0.25) is 0 Å². The van der Waals surface area contributed by atoms with Crippen molar-refractivity contribution in [2.45, 2.75) is 43.4 Å². The maximum absolute atomic E-state index is 13.1. The molecule has 1 amide bonds. The quantitative estimate of drug-likeness (QED) is 0.311. The van der Waals surface area contributed by atoms with Gasteiger partial charge in [0.15, 0.2) is 9.84 Å². The van der Waals surface area contributed by atoms with E-state index in [1.54, 1.807) is 40.8 Å². The number of thiophene rings is 1. The maximum atomic E-state index is 13.1. The van der Waals surface area contributed by atoms with Gasteiger partial charge >= 0.3 is 0 Å². The highest BCUT2D eigenvalue weighted by molar-refractivity contribution is 7.90. The van der Waals surface area contributed by atoms with Gasteiger partial charge in [0.1, 0.15) is 0 Å². The fraction of sp³-hybridized carbons (Fsp3) is 0.241. The Balaban J connectivity index is 1.37. The zero-order chi connectivity index (χ0) is 25.7. The first-order valence-corrected chi connectivity index (χ1v) is 14.2. The maximum Gasteiger partial charge on any atom is 0.254 e. The highest BCUT2D eigenvalue weighted by Gasteiger charge is 2.24. The average Bonchev–Trinajstić information content (AvgIpc) is 3.43. The molecule has 0 radical (unpaired) electrons. The van der Waals surface area contributed by atoms with Crippen LogP contribution in [0.5, 0.6) is 0 Å². The summed E-state index contributed by atoms with van der Waals surface area (Å²) in [4.78, 5) is 20.7. The van der Waals surface area contributed by atoms with Crippen LogP contribution in [0.4, 0.5) is 0 Å². The van der Waals surface area contributed by atoms with Gasteiger partial charge in [0.2, 0.25) is 0 Å². The number of benzene rings is 2. The second-order valence-electron chi connectivity index (χ2n) is 10.3. The van der Waals surface area contributed by atoms with E-state index in [2.05, 4.69) is 37.9 Å². The predicted octanol–water partition coefficient (Wildman–Crippen LogP) is 6.33. The molecule has 5 rings (SSSR count). The van der Waals surface area contributed by atoms with E-state index in [0.29, 0.717) is 17.0 Å². The SMILES string of the molecule is CN1Cc2cc(-c3ccc(-c4cncc(CS(=O)(=O)c5ccc(C(C)(C)C)cc5)c4)s3)ccc2C1=O. The van der Waals surface area contributed by atoms with Gasteiger partial charge < -0.3 is 4.90 Å². The standard InChI is InChI=1S/C29H28N2O3S2/c1-29(2,3)23-6-8-24(9-7-23)36(33,34)18-19-13-21(16-30-15-19)27-12-11-26(35-27)20-5-10-25-22(14-20)17-31(4)28(25)32/h5-16H,17-18H2,1-4H3. The third-order valence-electron chi connectivity index (χ3n) is 6.50. The molecule has 0 fully saturated rings. The van der Waals surface area contributed by atoms with Crippen molar-refractivity contribution in [3.05, 3.63) is 95.3 Å². The van der Waals surface area contributed by atoms with Crippen LogP contribution in [0.3, 0.4) is 0 Å². The van der Waals surface area contributed by atoms with Crippen molar-refractivity contribution in [1.29, 1.82) is 0 Å². The molecule has 0 saturated heterocycles. The van der Waals surface area contributed by atoms with E-state index in [1.807, 2.05) is 43.4 Å². The Bertz CT molecular complexity index is 1560. The molecular weight excluding hydrogens is 488 g/mol. The lowest BCUT2D eigenvalue weighted by atomic mass is 9.87. The summed E-state index contributed by atoms with van der Waals surface area (Å²) in [6, 6.07) is 19.1. The van der Waals surface area contributed by atoms with Crippen LogP contribution in [0.1, 0.15) is 47.8 Å². The number of hydrogen-bond acceptors (Lipinski definition) is 5. The van der Waals surface area contributed by atoms with Gasteiger partial charge in [-0.3, -0.25) is 9.78 Å². The Morgan fingerprint density at radius 2 is 1.61 bits per heavy atom. The Morgan fingerprint density at radius 3 is 2.31 bits per heavy atom. The molecule has 3 heterocycles. The summed E-state index contributed by atoms with van der Waals surface area (Å²) >= 11 is 1.63. The highest BCUT2D eigenvalue weighted by Crippen LogP contribution is 2.36. The van der Waals surface area contributed by atoms with Crippen LogP contribution in [-0.2, 0) is 27.5 Å². The van der Waals surface area contributed by atoms with E-state index in [1.165, 1.54) is 0 Å². The molecule has 5 nitrogen and oxygen atoms in total. The zero-order valence-corrected chi connectivity index (χ0v) is 22.4. The van der Waals surface area contributed by atoms with E-state index in [4.69, 9.17) is 0 Å². The van der Waals surface area contributed by atoms with Gasteiger partial charge in [-0.2, -0.15) is 0 Å².